The van der Waals surface area contributed by atoms with E-state index in [1.54, 1.807) is 23.6 Å². The number of non-ortho nitro benzene ring substituents is 1. The number of benzene rings is 1. The van der Waals surface area contributed by atoms with Crippen molar-refractivity contribution in [1.29, 1.82) is 0 Å². The van der Waals surface area contributed by atoms with Crippen molar-refractivity contribution in [3.05, 3.63) is 51.7 Å². The Bertz CT molecular complexity index is 813. The van der Waals surface area contributed by atoms with Crippen molar-refractivity contribution >= 4 is 28.5 Å². The average molecular weight is 290 g/mol. The number of hydrogen-bond donors (Lipinski definition) is 0. The molecule has 7 nitrogen and oxygen atoms in total. The average Bonchev–Trinajstić information content (AvgIpc) is 2.76. The highest BCUT2D eigenvalue weighted by Crippen LogP contribution is 2.25. The van der Waals surface area contributed by atoms with Crippen LogP contribution in [0.1, 0.15) is 5.82 Å². The monoisotopic (exact) mass is 289 g/mol. The molecule has 0 fully saturated rings. The molecule has 2 heterocycles. The fraction of sp³-hybridized carbons (Fsp3) is 0.0833. The van der Waals surface area contributed by atoms with E-state index >= 15 is 0 Å². The third kappa shape index (κ3) is 1.88. The first-order valence-electron chi connectivity index (χ1n) is 5.68. The van der Waals surface area contributed by atoms with Crippen LogP contribution in [0.2, 0.25) is 5.15 Å². The van der Waals surface area contributed by atoms with Gasteiger partial charge in [-0.25, -0.2) is 15.0 Å². The van der Waals surface area contributed by atoms with Crippen LogP contribution in [-0.2, 0) is 0 Å². The van der Waals surface area contributed by atoms with Crippen LogP contribution in [0.3, 0.4) is 0 Å². The summed E-state index contributed by atoms with van der Waals surface area (Å²) >= 11 is 6.09. The fourth-order valence-corrected chi connectivity index (χ4v) is 2.24. The molecule has 0 spiro atoms. The minimum atomic E-state index is -0.446. The van der Waals surface area contributed by atoms with Crippen LogP contribution < -0.4 is 0 Å². The minimum absolute atomic E-state index is 0.0261. The molecule has 2 aromatic heterocycles. The van der Waals surface area contributed by atoms with Gasteiger partial charge < -0.3 is 0 Å². The van der Waals surface area contributed by atoms with Gasteiger partial charge in [0, 0.05) is 17.8 Å². The summed E-state index contributed by atoms with van der Waals surface area (Å²) in [6, 6.07) is 6.13. The Morgan fingerprint density at radius 1 is 1.25 bits per heavy atom. The van der Waals surface area contributed by atoms with Gasteiger partial charge in [-0.3, -0.25) is 14.7 Å². The molecule has 0 aliphatic heterocycles. The van der Waals surface area contributed by atoms with Crippen molar-refractivity contribution in [2.45, 2.75) is 6.92 Å². The summed E-state index contributed by atoms with van der Waals surface area (Å²) in [6.45, 7) is 1.80. The molecule has 0 amide bonds. The topological polar surface area (TPSA) is 86.7 Å². The molecule has 8 heteroatoms. The lowest BCUT2D eigenvalue weighted by molar-refractivity contribution is -0.384. The van der Waals surface area contributed by atoms with E-state index in [1.165, 1.54) is 18.5 Å². The largest absolute Gasteiger partial charge is 0.292 e. The van der Waals surface area contributed by atoms with Gasteiger partial charge in [-0.2, -0.15) is 0 Å². The second-order valence-corrected chi connectivity index (χ2v) is 4.46. The number of rotatable bonds is 2. The van der Waals surface area contributed by atoms with E-state index in [0.29, 0.717) is 22.7 Å². The van der Waals surface area contributed by atoms with Crippen LogP contribution in [0.5, 0.6) is 0 Å². The highest BCUT2D eigenvalue weighted by atomic mass is 35.5. The Hall–Kier alpha value is -2.54. The van der Waals surface area contributed by atoms with Gasteiger partial charge in [0.15, 0.2) is 10.8 Å². The van der Waals surface area contributed by atoms with E-state index in [9.17, 15) is 10.1 Å². The molecule has 0 aliphatic rings. The number of nitro groups is 1. The zero-order valence-corrected chi connectivity index (χ0v) is 11.1. The molecule has 0 unspecified atom stereocenters. The second kappa shape index (κ2) is 4.53. The molecule has 0 atom stereocenters. The quantitative estimate of drug-likeness (QED) is 0.411. The van der Waals surface area contributed by atoms with Gasteiger partial charge in [-0.1, -0.05) is 11.6 Å². The van der Waals surface area contributed by atoms with E-state index in [-0.39, 0.29) is 10.8 Å². The maximum absolute atomic E-state index is 10.7. The molecule has 1 aromatic carbocycles. The molecule has 3 aromatic rings. The highest BCUT2D eigenvalue weighted by Gasteiger charge is 2.15. The SMILES string of the molecule is Cc1nc2ncnc(Cl)c2n1-c1ccc([N+](=O)[O-])cc1. The first-order chi connectivity index (χ1) is 9.58. The van der Waals surface area contributed by atoms with Crippen LogP contribution in [0.4, 0.5) is 5.69 Å². The standard InChI is InChI=1S/C12H8ClN5O2/c1-7-16-12-10(11(13)14-6-15-12)17(7)8-2-4-9(5-3-8)18(19)20/h2-6H,1H3. The van der Waals surface area contributed by atoms with Gasteiger partial charge in [-0.05, 0) is 19.1 Å². The number of nitrogens with zero attached hydrogens (tertiary/aromatic N) is 5. The van der Waals surface area contributed by atoms with Gasteiger partial charge in [0.25, 0.3) is 5.69 Å². The molecule has 0 aliphatic carbocycles. The first kappa shape index (κ1) is 12.5. The molecule has 0 saturated carbocycles. The third-order valence-corrected chi connectivity index (χ3v) is 3.17. The zero-order valence-electron chi connectivity index (χ0n) is 10.3. The van der Waals surface area contributed by atoms with Gasteiger partial charge in [0.1, 0.15) is 17.7 Å². The Morgan fingerprint density at radius 3 is 2.60 bits per heavy atom. The number of hydrogen-bond acceptors (Lipinski definition) is 5. The summed E-state index contributed by atoms with van der Waals surface area (Å²) < 4.78 is 1.77. The lowest BCUT2D eigenvalue weighted by Crippen LogP contribution is -1.98. The van der Waals surface area contributed by atoms with Crippen LogP contribution in [0, 0.1) is 17.0 Å². The van der Waals surface area contributed by atoms with Gasteiger partial charge in [0.2, 0.25) is 0 Å². The Kier molecular flexibility index (Phi) is 2.83. The molecular formula is C12H8ClN5O2. The molecular weight excluding hydrogens is 282 g/mol. The second-order valence-electron chi connectivity index (χ2n) is 4.10. The maximum Gasteiger partial charge on any atom is 0.269 e. The summed E-state index contributed by atoms with van der Waals surface area (Å²) in [6.07, 6.45) is 1.34. The first-order valence-corrected chi connectivity index (χ1v) is 6.06. The normalized spacial score (nSPS) is 10.9. The molecule has 20 heavy (non-hydrogen) atoms. The smallest absolute Gasteiger partial charge is 0.269 e. The van der Waals surface area contributed by atoms with E-state index in [1.807, 2.05) is 0 Å². The van der Waals surface area contributed by atoms with Crippen LogP contribution in [0.15, 0.2) is 30.6 Å². The minimum Gasteiger partial charge on any atom is -0.292 e. The molecule has 0 saturated heterocycles. The van der Waals surface area contributed by atoms with Crippen molar-refractivity contribution in [2.24, 2.45) is 0 Å². The third-order valence-electron chi connectivity index (χ3n) is 2.89. The van der Waals surface area contributed by atoms with Crippen LogP contribution in [-0.4, -0.2) is 24.4 Å². The van der Waals surface area contributed by atoms with E-state index in [4.69, 9.17) is 11.6 Å². The molecule has 0 N–H and O–H groups in total. The molecule has 100 valence electrons. The van der Waals surface area contributed by atoms with E-state index in [0.717, 1.165) is 0 Å². The lowest BCUT2D eigenvalue weighted by atomic mass is 10.2. The summed E-state index contributed by atoms with van der Waals surface area (Å²) in [5.74, 6) is 0.677. The summed E-state index contributed by atoms with van der Waals surface area (Å²) in [7, 11) is 0. The van der Waals surface area contributed by atoms with Crippen LogP contribution >= 0.6 is 11.6 Å². The Morgan fingerprint density at radius 2 is 1.95 bits per heavy atom. The number of aromatic nitrogens is 4. The van der Waals surface area contributed by atoms with Crippen molar-refractivity contribution < 1.29 is 4.92 Å². The van der Waals surface area contributed by atoms with E-state index in [2.05, 4.69) is 15.0 Å². The van der Waals surface area contributed by atoms with Gasteiger partial charge >= 0.3 is 0 Å². The van der Waals surface area contributed by atoms with Crippen molar-refractivity contribution in [3.63, 3.8) is 0 Å². The predicted octanol–water partition coefficient (Wildman–Crippen LogP) is 2.69. The number of fused-ring (bicyclic) bond motifs is 1. The fourth-order valence-electron chi connectivity index (χ4n) is 2.03. The molecule has 0 radical (unpaired) electrons. The number of halogens is 1. The maximum atomic E-state index is 10.7. The summed E-state index contributed by atoms with van der Waals surface area (Å²) in [5, 5.41) is 11.0. The predicted molar refractivity (Wildman–Crippen MR) is 73.1 cm³/mol. The zero-order chi connectivity index (χ0) is 14.3. The number of imidazole rings is 1. The van der Waals surface area contributed by atoms with E-state index < -0.39 is 4.92 Å². The summed E-state index contributed by atoms with van der Waals surface area (Å²) in [5.41, 5.74) is 1.81. The van der Waals surface area contributed by atoms with Gasteiger partial charge in [0.05, 0.1) is 4.92 Å². The highest BCUT2D eigenvalue weighted by molar-refractivity contribution is 6.33. The number of nitro benzene ring substituents is 1. The lowest BCUT2D eigenvalue weighted by Gasteiger charge is -2.06. The summed E-state index contributed by atoms with van der Waals surface area (Å²) in [4.78, 5) is 22.5. The van der Waals surface area contributed by atoms with Crippen molar-refractivity contribution in [2.75, 3.05) is 0 Å². The number of aryl methyl sites for hydroxylation is 1. The Balaban J connectivity index is 2.23. The Labute approximate surface area is 118 Å². The van der Waals surface area contributed by atoms with Crippen molar-refractivity contribution in [1.82, 2.24) is 19.5 Å². The van der Waals surface area contributed by atoms with Crippen LogP contribution in [0.25, 0.3) is 16.9 Å². The molecule has 0 bridgehead atoms. The van der Waals surface area contributed by atoms with Gasteiger partial charge in [-0.15, -0.1) is 0 Å². The van der Waals surface area contributed by atoms with Crippen molar-refractivity contribution in [3.8, 4) is 5.69 Å². The molecule has 3 rings (SSSR count).